The Labute approximate surface area is 137 Å². The van der Waals surface area contributed by atoms with Gasteiger partial charge >= 0.3 is 0 Å². The minimum absolute atomic E-state index is 0.0590. The molecule has 2 aromatic carbocycles. The van der Waals surface area contributed by atoms with Crippen LogP contribution in [0.3, 0.4) is 0 Å². The van der Waals surface area contributed by atoms with Gasteiger partial charge in [0.15, 0.2) is 0 Å². The second-order valence-corrected chi connectivity index (χ2v) is 5.17. The van der Waals surface area contributed by atoms with E-state index in [4.69, 9.17) is 23.2 Å². The first-order chi connectivity index (χ1) is 10.5. The smallest absolute Gasteiger partial charge is 0.288 e. The molecule has 0 heterocycles. The Hall–Kier alpha value is -2.11. The van der Waals surface area contributed by atoms with Crippen LogP contribution in [0, 0.1) is 10.1 Å². The van der Waals surface area contributed by atoms with Crippen molar-refractivity contribution in [1.82, 2.24) is 0 Å². The molecule has 0 spiro atoms. The summed E-state index contributed by atoms with van der Waals surface area (Å²) in [4.78, 5) is 23.9. The van der Waals surface area contributed by atoms with Gasteiger partial charge in [0.1, 0.15) is 10.9 Å². The van der Waals surface area contributed by atoms with Gasteiger partial charge < -0.3 is 4.90 Å². The van der Waals surface area contributed by atoms with Crippen LogP contribution in [0.4, 0.5) is 11.4 Å². The number of anilines is 1. The third kappa shape index (κ3) is 3.75. The van der Waals surface area contributed by atoms with E-state index in [1.54, 1.807) is 30.3 Å². The summed E-state index contributed by atoms with van der Waals surface area (Å²) in [5.41, 5.74) is 1.08. The van der Waals surface area contributed by atoms with Crippen molar-refractivity contribution in [3.05, 3.63) is 69.2 Å². The van der Waals surface area contributed by atoms with E-state index >= 15 is 0 Å². The lowest BCUT2D eigenvalue weighted by Gasteiger charge is -2.22. The minimum atomic E-state index is -0.554. The third-order valence-corrected chi connectivity index (χ3v) is 3.58. The Morgan fingerprint density at radius 3 is 2.45 bits per heavy atom. The van der Waals surface area contributed by atoms with Crippen molar-refractivity contribution in [2.45, 2.75) is 6.54 Å². The standard InChI is InChI=1S/C15H12Cl2N2O3/c16-9-15(20)18(12-4-2-1-3-5-12)10-11-6-7-13(17)14(8-11)19(21)22/h1-8H,9-10H2. The van der Waals surface area contributed by atoms with Crippen LogP contribution in [0.15, 0.2) is 48.5 Å². The summed E-state index contributed by atoms with van der Waals surface area (Å²) in [5, 5.41) is 11.0. The number of rotatable bonds is 5. The number of nitro benzene ring substituents is 1. The number of halogens is 2. The lowest BCUT2D eigenvalue weighted by Crippen LogP contribution is -2.31. The van der Waals surface area contributed by atoms with Crippen molar-refractivity contribution >= 4 is 40.5 Å². The van der Waals surface area contributed by atoms with Gasteiger partial charge in [0.05, 0.1) is 11.5 Å². The average molecular weight is 339 g/mol. The van der Waals surface area contributed by atoms with Crippen molar-refractivity contribution in [2.75, 3.05) is 10.8 Å². The van der Waals surface area contributed by atoms with E-state index in [-0.39, 0.29) is 29.0 Å². The molecule has 7 heteroatoms. The summed E-state index contributed by atoms with van der Waals surface area (Å²) >= 11 is 11.4. The van der Waals surface area contributed by atoms with Gasteiger partial charge in [-0.15, -0.1) is 11.6 Å². The Bertz CT molecular complexity index is 692. The fourth-order valence-corrected chi connectivity index (χ4v) is 2.31. The van der Waals surface area contributed by atoms with E-state index in [1.165, 1.54) is 17.0 Å². The molecule has 2 rings (SSSR count). The van der Waals surface area contributed by atoms with Crippen LogP contribution < -0.4 is 4.90 Å². The van der Waals surface area contributed by atoms with Crippen molar-refractivity contribution in [3.8, 4) is 0 Å². The molecular formula is C15H12Cl2N2O3. The molecule has 0 atom stereocenters. The number of benzene rings is 2. The first-order valence-electron chi connectivity index (χ1n) is 6.37. The van der Waals surface area contributed by atoms with Gasteiger partial charge in [-0.05, 0) is 23.8 Å². The highest BCUT2D eigenvalue weighted by molar-refractivity contribution is 6.32. The average Bonchev–Trinajstić information content (AvgIpc) is 2.53. The number of nitrogens with zero attached hydrogens (tertiary/aromatic N) is 2. The van der Waals surface area contributed by atoms with Gasteiger partial charge in [0, 0.05) is 11.8 Å². The molecule has 0 aliphatic heterocycles. The molecule has 0 fully saturated rings. The number of carbonyl (C=O) groups is 1. The van der Waals surface area contributed by atoms with Crippen LogP contribution in [0.5, 0.6) is 0 Å². The Morgan fingerprint density at radius 1 is 1.18 bits per heavy atom. The SMILES string of the molecule is O=C(CCl)N(Cc1ccc(Cl)c([N+](=O)[O-])c1)c1ccccc1. The van der Waals surface area contributed by atoms with Crippen LogP contribution >= 0.6 is 23.2 Å². The maximum Gasteiger partial charge on any atom is 0.288 e. The van der Waals surface area contributed by atoms with Crippen molar-refractivity contribution in [2.24, 2.45) is 0 Å². The van der Waals surface area contributed by atoms with E-state index in [2.05, 4.69) is 0 Å². The molecule has 0 aliphatic rings. The van der Waals surface area contributed by atoms with E-state index in [0.717, 1.165) is 0 Å². The van der Waals surface area contributed by atoms with Crippen LogP contribution in [0.25, 0.3) is 0 Å². The Morgan fingerprint density at radius 2 is 1.86 bits per heavy atom. The number of nitro groups is 1. The maximum atomic E-state index is 12.0. The van der Waals surface area contributed by atoms with Gasteiger partial charge in [0.2, 0.25) is 5.91 Å². The van der Waals surface area contributed by atoms with E-state index < -0.39 is 4.92 Å². The molecule has 0 radical (unpaired) electrons. The molecule has 0 saturated heterocycles. The highest BCUT2D eigenvalue weighted by Crippen LogP contribution is 2.26. The number of para-hydroxylation sites is 1. The maximum absolute atomic E-state index is 12.0. The van der Waals surface area contributed by atoms with Crippen molar-refractivity contribution in [1.29, 1.82) is 0 Å². The van der Waals surface area contributed by atoms with Crippen LogP contribution in [0.1, 0.15) is 5.56 Å². The van der Waals surface area contributed by atoms with Gasteiger partial charge in [-0.25, -0.2) is 0 Å². The predicted molar refractivity (Wildman–Crippen MR) is 86.5 cm³/mol. The van der Waals surface area contributed by atoms with Crippen molar-refractivity contribution in [3.63, 3.8) is 0 Å². The monoisotopic (exact) mass is 338 g/mol. The molecule has 2 aromatic rings. The van der Waals surface area contributed by atoms with E-state index in [1.807, 2.05) is 6.07 Å². The van der Waals surface area contributed by atoms with E-state index in [9.17, 15) is 14.9 Å². The highest BCUT2D eigenvalue weighted by Gasteiger charge is 2.18. The molecule has 0 bridgehead atoms. The number of hydrogen-bond donors (Lipinski definition) is 0. The lowest BCUT2D eigenvalue weighted by atomic mass is 10.1. The summed E-state index contributed by atoms with van der Waals surface area (Å²) in [6.07, 6.45) is 0. The van der Waals surface area contributed by atoms with Crippen LogP contribution in [-0.4, -0.2) is 16.7 Å². The number of carbonyl (C=O) groups excluding carboxylic acids is 1. The largest absolute Gasteiger partial charge is 0.307 e. The van der Waals surface area contributed by atoms with Crippen LogP contribution in [0.2, 0.25) is 5.02 Å². The predicted octanol–water partition coefficient (Wildman–Crippen LogP) is 4.02. The fourth-order valence-electron chi connectivity index (χ4n) is 1.98. The second kappa shape index (κ2) is 7.24. The summed E-state index contributed by atoms with van der Waals surface area (Å²) in [5.74, 6) is -0.463. The molecule has 0 N–H and O–H groups in total. The first-order valence-corrected chi connectivity index (χ1v) is 7.28. The highest BCUT2D eigenvalue weighted by atomic mass is 35.5. The van der Waals surface area contributed by atoms with Gasteiger partial charge in [-0.1, -0.05) is 35.9 Å². The molecule has 114 valence electrons. The fraction of sp³-hybridized carbons (Fsp3) is 0.133. The summed E-state index contributed by atoms with van der Waals surface area (Å²) in [7, 11) is 0. The zero-order valence-corrected chi connectivity index (χ0v) is 12.9. The van der Waals surface area contributed by atoms with Crippen molar-refractivity contribution < 1.29 is 9.72 Å². The molecule has 5 nitrogen and oxygen atoms in total. The number of amides is 1. The first kappa shape index (κ1) is 16.3. The second-order valence-electron chi connectivity index (χ2n) is 4.49. The van der Waals surface area contributed by atoms with Gasteiger partial charge in [0.25, 0.3) is 5.69 Å². The molecule has 0 saturated carbocycles. The zero-order chi connectivity index (χ0) is 16.1. The van der Waals surface area contributed by atoms with Crippen LogP contribution in [-0.2, 0) is 11.3 Å². The topological polar surface area (TPSA) is 63.5 Å². The number of hydrogen-bond acceptors (Lipinski definition) is 3. The van der Waals surface area contributed by atoms with Gasteiger partial charge in [-0.3, -0.25) is 14.9 Å². The third-order valence-electron chi connectivity index (χ3n) is 3.03. The molecule has 22 heavy (non-hydrogen) atoms. The van der Waals surface area contributed by atoms with Gasteiger partial charge in [-0.2, -0.15) is 0 Å². The zero-order valence-electron chi connectivity index (χ0n) is 11.4. The minimum Gasteiger partial charge on any atom is -0.307 e. The Kier molecular flexibility index (Phi) is 5.35. The summed E-state index contributed by atoms with van der Waals surface area (Å²) in [6.45, 7) is 0.174. The molecule has 0 aromatic heterocycles. The lowest BCUT2D eigenvalue weighted by molar-refractivity contribution is -0.384. The number of alkyl halides is 1. The molecule has 0 unspecified atom stereocenters. The Balaban J connectivity index is 2.34. The summed E-state index contributed by atoms with van der Waals surface area (Å²) in [6, 6.07) is 13.4. The molecule has 1 amide bonds. The normalized spacial score (nSPS) is 10.3. The quantitative estimate of drug-likeness (QED) is 0.469. The molecule has 0 aliphatic carbocycles. The molecular weight excluding hydrogens is 327 g/mol. The van der Waals surface area contributed by atoms with E-state index in [0.29, 0.717) is 11.3 Å². The summed E-state index contributed by atoms with van der Waals surface area (Å²) < 4.78 is 0.